The number of ether oxygens (including phenoxy) is 1. The van der Waals surface area contributed by atoms with Crippen molar-refractivity contribution in [1.29, 1.82) is 0 Å². The molecule has 1 heterocycles. The molecule has 2 rings (SSSR count). The molecule has 0 aromatic heterocycles. The van der Waals surface area contributed by atoms with Crippen molar-refractivity contribution in [3.8, 4) is 0 Å². The highest BCUT2D eigenvalue weighted by Gasteiger charge is 2.20. The largest absolute Gasteiger partial charge is 0.362 e. The number of amides is 1. The van der Waals surface area contributed by atoms with E-state index >= 15 is 0 Å². The average molecular weight is 291 g/mol. The van der Waals surface area contributed by atoms with Crippen LogP contribution in [0.3, 0.4) is 0 Å². The van der Waals surface area contributed by atoms with Crippen LogP contribution in [-0.2, 0) is 9.53 Å². The first-order chi connectivity index (χ1) is 7.15. The van der Waals surface area contributed by atoms with Gasteiger partial charge in [-0.25, -0.2) is 0 Å². The maximum Gasteiger partial charge on any atom is 0.246 e. The normalized spacial score (nSPS) is 21.2. The minimum Gasteiger partial charge on any atom is -0.362 e. The molecule has 3 nitrogen and oxygen atoms in total. The summed E-state index contributed by atoms with van der Waals surface area (Å²) in [5.74, 6) is -0.0765. The third-order valence-electron chi connectivity index (χ3n) is 2.16. The summed E-state index contributed by atoms with van der Waals surface area (Å²) >= 11 is 9.29. The van der Waals surface area contributed by atoms with Crippen molar-refractivity contribution >= 4 is 33.4 Å². The van der Waals surface area contributed by atoms with E-state index in [-0.39, 0.29) is 18.6 Å². The van der Waals surface area contributed by atoms with E-state index in [9.17, 15) is 4.79 Å². The maximum atomic E-state index is 10.9. The van der Waals surface area contributed by atoms with Crippen LogP contribution in [0.15, 0.2) is 22.7 Å². The fraction of sp³-hybridized carbons (Fsp3) is 0.300. The van der Waals surface area contributed by atoms with Crippen LogP contribution in [0.2, 0.25) is 5.02 Å². The lowest BCUT2D eigenvalue weighted by Gasteiger charge is -2.23. The Labute approximate surface area is 101 Å². The van der Waals surface area contributed by atoms with Crippen LogP contribution in [0.5, 0.6) is 0 Å². The zero-order valence-corrected chi connectivity index (χ0v) is 10.1. The van der Waals surface area contributed by atoms with E-state index in [0.29, 0.717) is 11.6 Å². The number of benzene rings is 1. The SMILES string of the molecule is O=C1COC(c2cc(Cl)cc(Br)c2)CN1. The van der Waals surface area contributed by atoms with Crippen molar-refractivity contribution in [3.63, 3.8) is 0 Å². The molecule has 5 heteroatoms. The molecule has 1 aliphatic heterocycles. The molecule has 1 aromatic rings. The fourth-order valence-electron chi connectivity index (χ4n) is 1.47. The fourth-order valence-corrected chi connectivity index (χ4v) is 2.35. The summed E-state index contributed by atoms with van der Waals surface area (Å²) in [5, 5.41) is 3.40. The molecular weight excluding hydrogens is 281 g/mol. The predicted molar refractivity (Wildman–Crippen MR) is 60.9 cm³/mol. The molecule has 1 aliphatic rings. The maximum absolute atomic E-state index is 10.9. The van der Waals surface area contributed by atoms with Crippen molar-refractivity contribution in [2.75, 3.05) is 13.2 Å². The number of carbonyl (C=O) groups is 1. The molecule has 0 aliphatic carbocycles. The monoisotopic (exact) mass is 289 g/mol. The van der Waals surface area contributed by atoms with Gasteiger partial charge in [-0.2, -0.15) is 0 Å². The summed E-state index contributed by atoms with van der Waals surface area (Å²) < 4.78 is 6.30. The lowest BCUT2D eigenvalue weighted by atomic mass is 10.1. The number of carbonyl (C=O) groups excluding carboxylic acids is 1. The Kier molecular flexibility index (Phi) is 3.29. The number of nitrogens with one attached hydrogen (secondary N) is 1. The van der Waals surface area contributed by atoms with Gasteiger partial charge in [0, 0.05) is 16.0 Å². The number of morpholine rings is 1. The molecule has 80 valence electrons. The minimum absolute atomic E-state index is 0.0765. The summed E-state index contributed by atoms with van der Waals surface area (Å²) in [6.45, 7) is 0.598. The number of rotatable bonds is 1. The van der Waals surface area contributed by atoms with Crippen molar-refractivity contribution in [3.05, 3.63) is 33.3 Å². The summed E-state index contributed by atoms with van der Waals surface area (Å²) in [5.41, 5.74) is 0.967. The first-order valence-electron chi connectivity index (χ1n) is 4.49. The Bertz CT molecular complexity index is 367. The molecule has 15 heavy (non-hydrogen) atoms. The van der Waals surface area contributed by atoms with Crippen LogP contribution in [0.4, 0.5) is 0 Å². The number of hydrogen-bond acceptors (Lipinski definition) is 2. The van der Waals surface area contributed by atoms with E-state index < -0.39 is 0 Å². The number of hydrogen-bond donors (Lipinski definition) is 1. The predicted octanol–water partition coefficient (Wildman–Crippen LogP) is 2.29. The second-order valence-corrected chi connectivity index (χ2v) is 4.66. The van der Waals surface area contributed by atoms with Crippen molar-refractivity contribution in [2.24, 2.45) is 0 Å². The van der Waals surface area contributed by atoms with Crippen LogP contribution in [0.25, 0.3) is 0 Å². The second-order valence-electron chi connectivity index (χ2n) is 3.31. The van der Waals surface area contributed by atoms with Gasteiger partial charge < -0.3 is 10.1 Å². The molecule has 1 aromatic carbocycles. The quantitative estimate of drug-likeness (QED) is 0.862. The van der Waals surface area contributed by atoms with E-state index in [4.69, 9.17) is 16.3 Å². The van der Waals surface area contributed by atoms with Crippen molar-refractivity contribution in [2.45, 2.75) is 6.10 Å². The van der Waals surface area contributed by atoms with E-state index in [0.717, 1.165) is 10.0 Å². The van der Waals surface area contributed by atoms with Gasteiger partial charge in [0.15, 0.2) is 0 Å². The third-order valence-corrected chi connectivity index (χ3v) is 2.83. The highest BCUT2D eigenvalue weighted by Crippen LogP contribution is 2.26. The second kappa shape index (κ2) is 4.51. The molecule has 1 atom stereocenters. The van der Waals surface area contributed by atoms with Gasteiger partial charge in [-0.05, 0) is 23.8 Å². The average Bonchev–Trinajstić information content (AvgIpc) is 2.17. The van der Waals surface area contributed by atoms with E-state index in [1.54, 1.807) is 0 Å². The Hall–Kier alpha value is -0.580. The van der Waals surface area contributed by atoms with Gasteiger partial charge in [0.1, 0.15) is 12.7 Å². The van der Waals surface area contributed by atoms with Crippen molar-refractivity contribution in [1.82, 2.24) is 5.32 Å². The van der Waals surface area contributed by atoms with Crippen LogP contribution < -0.4 is 5.32 Å². The Morgan fingerprint density at radius 3 is 2.87 bits per heavy atom. The topological polar surface area (TPSA) is 38.3 Å². The first kappa shape index (κ1) is 10.9. The van der Waals surface area contributed by atoms with Gasteiger partial charge in [-0.15, -0.1) is 0 Å². The Morgan fingerprint density at radius 1 is 1.47 bits per heavy atom. The third kappa shape index (κ3) is 2.71. The van der Waals surface area contributed by atoms with Gasteiger partial charge in [-0.1, -0.05) is 27.5 Å². The van der Waals surface area contributed by atoms with E-state index in [2.05, 4.69) is 21.2 Å². The smallest absolute Gasteiger partial charge is 0.246 e. The lowest BCUT2D eigenvalue weighted by Crippen LogP contribution is -2.38. The summed E-state index contributed by atoms with van der Waals surface area (Å²) in [6, 6.07) is 5.59. The van der Waals surface area contributed by atoms with Gasteiger partial charge in [0.2, 0.25) is 5.91 Å². The summed E-state index contributed by atoms with van der Waals surface area (Å²) in [6.07, 6.45) is -0.113. The zero-order chi connectivity index (χ0) is 10.8. The van der Waals surface area contributed by atoms with Gasteiger partial charge in [-0.3, -0.25) is 4.79 Å². The Balaban J connectivity index is 2.18. The minimum atomic E-state index is -0.113. The molecule has 1 N–H and O–H groups in total. The summed E-state index contributed by atoms with van der Waals surface area (Å²) in [7, 11) is 0. The van der Waals surface area contributed by atoms with Crippen LogP contribution in [0.1, 0.15) is 11.7 Å². The molecular formula is C10H9BrClNO2. The first-order valence-corrected chi connectivity index (χ1v) is 5.66. The molecule has 1 unspecified atom stereocenters. The van der Waals surface area contributed by atoms with Crippen molar-refractivity contribution < 1.29 is 9.53 Å². The molecule has 0 radical (unpaired) electrons. The molecule has 1 amide bonds. The van der Waals surface area contributed by atoms with E-state index in [1.165, 1.54) is 0 Å². The lowest BCUT2D eigenvalue weighted by molar-refractivity contribution is -0.133. The molecule has 1 saturated heterocycles. The molecule has 0 bridgehead atoms. The van der Waals surface area contributed by atoms with Gasteiger partial charge in [0.05, 0.1) is 0 Å². The zero-order valence-electron chi connectivity index (χ0n) is 7.80. The molecule has 1 fully saturated rings. The Morgan fingerprint density at radius 2 is 2.27 bits per heavy atom. The highest BCUT2D eigenvalue weighted by atomic mass is 79.9. The van der Waals surface area contributed by atoms with Crippen LogP contribution in [0, 0.1) is 0 Å². The van der Waals surface area contributed by atoms with Gasteiger partial charge >= 0.3 is 0 Å². The molecule has 0 spiro atoms. The molecule has 0 saturated carbocycles. The highest BCUT2D eigenvalue weighted by molar-refractivity contribution is 9.10. The van der Waals surface area contributed by atoms with E-state index in [1.807, 2.05) is 18.2 Å². The number of halogens is 2. The van der Waals surface area contributed by atoms with Crippen LogP contribution >= 0.6 is 27.5 Å². The summed E-state index contributed by atoms with van der Waals surface area (Å²) in [4.78, 5) is 10.9. The van der Waals surface area contributed by atoms with Crippen LogP contribution in [-0.4, -0.2) is 19.1 Å². The standard InChI is InChI=1S/C10H9BrClNO2/c11-7-1-6(2-8(12)3-7)9-4-13-10(14)5-15-9/h1-3,9H,4-5H2,(H,13,14). The van der Waals surface area contributed by atoms with Gasteiger partial charge in [0.25, 0.3) is 0 Å².